The molecule has 0 bridgehead atoms. The highest BCUT2D eigenvalue weighted by Crippen LogP contribution is 2.35. The molecule has 0 saturated carbocycles. The normalized spacial score (nSPS) is 18.1. The van der Waals surface area contributed by atoms with Crippen molar-refractivity contribution in [1.82, 2.24) is 15.0 Å². The van der Waals surface area contributed by atoms with E-state index < -0.39 is 6.03 Å². The quantitative estimate of drug-likeness (QED) is 0.394. The largest absolute Gasteiger partial charge is 0.486 e. The summed E-state index contributed by atoms with van der Waals surface area (Å²) in [6.07, 6.45) is -0.299. The minimum atomic E-state index is -0.512. The number of hydrogen-bond donors (Lipinski definition) is 3. The van der Waals surface area contributed by atoms with Crippen LogP contribution in [0.4, 0.5) is 16.2 Å². The summed E-state index contributed by atoms with van der Waals surface area (Å²) >= 11 is 0. The van der Waals surface area contributed by atoms with Gasteiger partial charge in [-0.05, 0) is 45.5 Å². The number of fused-ring (bicyclic) bond motifs is 1. The molecular formula is C29H37N5O5. The highest BCUT2D eigenvalue weighted by Gasteiger charge is 2.34. The van der Waals surface area contributed by atoms with Gasteiger partial charge in [-0.25, -0.2) is 4.79 Å². The molecule has 2 heterocycles. The lowest BCUT2D eigenvalue weighted by atomic mass is 9.99. The van der Waals surface area contributed by atoms with Crippen molar-refractivity contribution in [2.45, 2.75) is 46.4 Å². The molecule has 10 nitrogen and oxygen atoms in total. The van der Waals surface area contributed by atoms with Crippen LogP contribution >= 0.6 is 0 Å². The van der Waals surface area contributed by atoms with E-state index in [1.165, 1.54) is 5.56 Å². The number of aliphatic hydroxyl groups excluding tert-OH is 1. The first-order chi connectivity index (χ1) is 18.7. The van der Waals surface area contributed by atoms with E-state index in [2.05, 4.69) is 32.8 Å². The number of aryl methyl sites for hydroxylation is 2. The molecule has 0 spiro atoms. The zero-order valence-corrected chi connectivity index (χ0v) is 23.1. The summed E-state index contributed by atoms with van der Waals surface area (Å²) < 4.78 is 11.7. The third-order valence-corrected chi connectivity index (χ3v) is 7.00. The molecule has 2 aromatic carbocycles. The number of para-hydroxylation sites is 1. The molecule has 3 N–H and O–H groups in total. The Bertz CT molecular complexity index is 1270. The molecule has 1 aliphatic heterocycles. The Kier molecular flexibility index (Phi) is 8.88. The number of amides is 3. The van der Waals surface area contributed by atoms with Crippen molar-refractivity contribution in [1.29, 1.82) is 0 Å². The van der Waals surface area contributed by atoms with Crippen LogP contribution < -0.4 is 15.4 Å². The molecule has 0 fully saturated rings. The molecule has 10 heteroatoms. The second-order valence-electron chi connectivity index (χ2n) is 10.3. The highest BCUT2D eigenvalue weighted by atomic mass is 16.5. The van der Waals surface area contributed by atoms with Crippen molar-refractivity contribution in [3.8, 4) is 5.75 Å². The number of aromatic nitrogens is 1. The number of urea groups is 1. The number of rotatable bonds is 8. The predicted molar refractivity (Wildman–Crippen MR) is 149 cm³/mol. The molecular weight excluding hydrogens is 498 g/mol. The lowest BCUT2D eigenvalue weighted by Crippen LogP contribution is -2.49. The SMILES string of the molecule is Cc1noc(C)c1NC(=O)Nc1cccc2c1O[C@H](CN(C)Cc1ccccc1)[C@H](C)CN([C@H](C)CO)C2=O. The first-order valence-corrected chi connectivity index (χ1v) is 13.1. The molecule has 3 aromatic rings. The number of benzene rings is 2. The Labute approximate surface area is 228 Å². The minimum absolute atomic E-state index is 0.0569. The van der Waals surface area contributed by atoms with E-state index in [1.807, 2.05) is 39.1 Å². The van der Waals surface area contributed by atoms with Crippen LogP contribution in [-0.4, -0.2) is 70.9 Å². The molecule has 4 rings (SSSR count). The van der Waals surface area contributed by atoms with Crippen molar-refractivity contribution < 1.29 is 24.0 Å². The first-order valence-electron chi connectivity index (χ1n) is 13.1. The van der Waals surface area contributed by atoms with Crippen LogP contribution in [-0.2, 0) is 6.54 Å². The van der Waals surface area contributed by atoms with Gasteiger partial charge in [0.05, 0.1) is 23.9 Å². The number of hydrogen-bond acceptors (Lipinski definition) is 7. The van der Waals surface area contributed by atoms with Crippen LogP contribution in [0.2, 0.25) is 0 Å². The first kappa shape index (κ1) is 28.1. The lowest BCUT2D eigenvalue weighted by Gasteiger charge is -2.38. The maximum atomic E-state index is 13.7. The number of ether oxygens (including phenoxy) is 1. The summed E-state index contributed by atoms with van der Waals surface area (Å²) in [5.41, 5.74) is 2.92. The van der Waals surface area contributed by atoms with Crippen molar-refractivity contribution in [3.63, 3.8) is 0 Å². The fraction of sp³-hybridized carbons (Fsp3) is 0.414. The van der Waals surface area contributed by atoms with Crippen LogP contribution in [0.25, 0.3) is 0 Å². The molecule has 1 aromatic heterocycles. The fourth-order valence-corrected chi connectivity index (χ4v) is 4.76. The van der Waals surface area contributed by atoms with Crippen molar-refractivity contribution in [3.05, 3.63) is 71.1 Å². The maximum Gasteiger partial charge on any atom is 0.323 e. The Morgan fingerprint density at radius 1 is 1.18 bits per heavy atom. The molecule has 3 amide bonds. The third-order valence-electron chi connectivity index (χ3n) is 7.00. The Hall–Kier alpha value is -3.89. The van der Waals surface area contributed by atoms with E-state index in [1.54, 1.807) is 36.9 Å². The van der Waals surface area contributed by atoms with Crippen LogP contribution in [0.15, 0.2) is 53.1 Å². The Morgan fingerprint density at radius 2 is 1.92 bits per heavy atom. The summed E-state index contributed by atoms with van der Waals surface area (Å²) in [5, 5.41) is 19.4. The van der Waals surface area contributed by atoms with Gasteiger partial charge in [-0.1, -0.05) is 48.5 Å². The average molecular weight is 536 g/mol. The van der Waals surface area contributed by atoms with Gasteiger partial charge >= 0.3 is 6.03 Å². The molecule has 0 saturated heterocycles. The number of aliphatic hydroxyl groups is 1. The summed E-state index contributed by atoms with van der Waals surface area (Å²) in [7, 11) is 2.03. The zero-order valence-electron chi connectivity index (χ0n) is 23.1. The molecule has 1 aliphatic rings. The van der Waals surface area contributed by atoms with Gasteiger partial charge in [-0.2, -0.15) is 0 Å². The molecule has 0 unspecified atom stereocenters. The molecule has 208 valence electrons. The number of carbonyl (C=O) groups excluding carboxylic acids is 2. The van der Waals surface area contributed by atoms with E-state index in [0.29, 0.717) is 47.2 Å². The number of nitrogens with one attached hydrogen (secondary N) is 2. The van der Waals surface area contributed by atoms with Crippen LogP contribution in [0.1, 0.15) is 41.2 Å². The van der Waals surface area contributed by atoms with Crippen LogP contribution in [0.5, 0.6) is 5.75 Å². The topological polar surface area (TPSA) is 120 Å². The zero-order chi connectivity index (χ0) is 28.1. The number of carbonyl (C=O) groups is 2. The van der Waals surface area contributed by atoms with Gasteiger partial charge in [0.15, 0.2) is 11.5 Å². The van der Waals surface area contributed by atoms with E-state index in [0.717, 1.165) is 6.54 Å². The number of anilines is 2. The van der Waals surface area contributed by atoms with Crippen molar-refractivity contribution in [2.24, 2.45) is 5.92 Å². The van der Waals surface area contributed by atoms with Crippen molar-refractivity contribution in [2.75, 3.05) is 37.4 Å². The smallest absolute Gasteiger partial charge is 0.323 e. The van der Waals surface area contributed by atoms with Gasteiger partial charge < -0.3 is 29.9 Å². The molecule has 39 heavy (non-hydrogen) atoms. The van der Waals surface area contributed by atoms with E-state index in [4.69, 9.17) is 9.26 Å². The van der Waals surface area contributed by atoms with Crippen molar-refractivity contribution >= 4 is 23.3 Å². The molecule has 3 atom stereocenters. The second-order valence-corrected chi connectivity index (χ2v) is 10.3. The molecule has 0 aliphatic carbocycles. The van der Waals surface area contributed by atoms with Crippen LogP contribution in [0.3, 0.4) is 0 Å². The number of nitrogens with zero attached hydrogens (tertiary/aromatic N) is 3. The summed E-state index contributed by atoms with van der Waals surface area (Å²) in [4.78, 5) is 30.5. The van der Waals surface area contributed by atoms with Gasteiger partial charge in [-0.15, -0.1) is 0 Å². The van der Waals surface area contributed by atoms with Gasteiger partial charge in [-0.3, -0.25) is 9.69 Å². The van der Waals surface area contributed by atoms with E-state index in [9.17, 15) is 14.7 Å². The summed E-state index contributed by atoms with van der Waals surface area (Å²) in [6, 6.07) is 14.4. The van der Waals surface area contributed by atoms with E-state index in [-0.39, 0.29) is 30.6 Å². The average Bonchev–Trinajstić information content (AvgIpc) is 3.23. The predicted octanol–water partition coefficient (Wildman–Crippen LogP) is 4.29. The number of likely N-dealkylation sites (N-methyl/N-ethyl adjacent to an activating group) is 1. The van der Waals surface area contributed by atoms with Crippen LogP contribution in [0, 0.1) is 19.8 Å². The maximum absolute atomic E-state index is 13.7. The van der Waals surface area contributed by atoms with Gasteiger partial charge in [0.1, 0.15) is 17.5 Å². The third kappa shape index (κ3) is 6.58. The summed E-state index contributed by atoms with van der Waals surface area (Å²) in [6.45, 7) is 8.89. The Balaban J connectivity index is 1.64. The second kappa shape index (κ2) is 12.3. The molecule has 0 radical (unpaired) electrons. The monoisotopic (exact) mass is 535 g/mol. The highest BCUT2D eigenvalue weighted by molar-refractivity contribution is 6.04. The van der Waals surface area contributed by atoms with Gasteiger partial charge in [0.2, 0.25) is 0 Å². The van der Waals surface area contributed by atoms with E-state index >= 15 is 0 Å². The summed E-state index contributed by atoms with van der Waals surface area (Å²) in [5.74, 6) is 0.473. The lowest BCUT2D eigenvalue weighted by molar-refractivity contribution is 0.0343. The van der Waals surface area contributed by atoms with Gasteiger partial charge in [0, 0.05) is 25.6 Å². The fourth-order valence-electron chi connectivity index (χ4n) is 4.76. The van der Waals surface area contributed by atoms with Gasteiger partial charge in [0.25, 0.3) is 5.91 Å². The standard InChI is InChI=1S/C29H37N5O5/c1-18-14-34(19(2)17-35)28(36)23-12-9-13-24(30-29(37)31-26-20(3)32-39-21(26)4)27(23)38-25(18)16-33(5)15-22-10-7-6-8-11-22/h6-13,18-19,25,35H,14-17H2,1-5H3,(H2,30,31,37)/t18-,19-,25-/m1/s1. The Morgan fingerprint density at radius 3 is 2.59 bits per heavy atom. The minimum Gasteiger partial charge on any atom is -0.486 e.